The number of nitrogens with one attached hydrogen (secondary N) is 1. The molecule has 0 atom stereocenters. The largest absolute Gasteiger partial charge is 0.397 e. The monoisotopic (exact) mass is 230 g/mol. The quantitative estimate of drug-likeness (QED) is 0.783. The van der Waals surface area contributed by atoms with Gasteiger partial charge < -0.3 is 11.1 Å². The van der Waals surface area contributed by atoms with Gasteiger partial charge >= 0.3 is 0 Å². The number of hydrogen-bond acceptors (Lipinski definition) is 3. The fourth-order valence-electron chi connectivity index (χ4n) is 0.954. The summed E-state index contributed by atoms with van der Waals surface area (Å²) in [7, 11) is 0. The highest BCUT2D eigenvalue weighted by Crippen LogP contribution is 2.22. The van der Waals surface area contributed by atoms with Gasteiger partial charge in [-0.05, 0) is 24.5 Å². The minimum Gasteiger partial charge on any atom is -0.397 e. The van der Waals surface area contributed by atoms with Crippen LogP contribution in [0.25, 0.3) is 0 Å². The number of thioether (sulfide) groups is 1. The molecular formula is C9H11ClN2OS. The van der Waals surface area contributed by atoms with Crippen LogP contribution in [0, 0.1) is 0 Å². The third-order valence-electron chi connectivity index (χ3n) is 1.56. The summed E-state index contributed by atoms with van der Waals surface area (Å²) in [5.74, 6) is 0.331. The summed E-state index contributed by atoms with van der Waals surface area (Å²) >= 11 is 7.22. The van der Waals surface area contributed by atoms with E-state index >= 15 is 0 Å². The molecule has 0 aliphatic heterocycles. The SMILES string of the molecule is CSCC(=O)Nc1cc(Cl)ccc1N. The summed E-state index contributed by atoms with van der Waals surface area (Å²) in [4.78, 5) is 11.2. The molecular weight excluding hydrogens is 220 g/mol. The fraction of sp³-hybridized carbons (Fsp3) is 0.222. The smallest absolute Gasteiger partial charge is 0.234 e. The second kappa shape index (κ2) is 5.12. The molecule has 0 aliphatic carbocycles. The van der Waals surface area contributed by atoms with Crippen LogP contribution in [0.3, 0.4) is 0 Å². The van der Waals surface area contributed by atoms with Crippen LogP contribution in [-0.2, 0) is 4.79 Å². The van der Waals surface area contributed by atoms with E-state index in [-0.39, 0.29) is 5.91 Å². The van der Waals surface area contributed by atoms with Crippen LogP contribution in [0.5, 0.6) is 0 Å². The minimum atomic E-state index is -0.0773. The topological polar surface area (TPSA) is 55.1 Å². The molecule has 14 heavy (non-hydrogen) atoms. The van der Waals surface area contributed by atoms with E-state index in [0.717, 1.165) is 0 Å². The van der Waals surface area contributed by atoms with Crippen LogP contribution in [0.15, 0.2) is 18.2 Å². The molecule has 0 bridgehead atoms. The van der Waals surface area contributed by atoms with Crippen LogP contribution in [0.4, 0.5) is 11.4 Å². The zero-order chi connectivity index (χ0) is 10.6. The Bertz CT molecular complexity index is 344. The van der Waals surface area contributed by atoms with Crippen molar-refractivity contribution in [1.29, 1.82) is 0 Å². The summed E-state index contributed by atoms with van der Waals surface area (Å²) in [6, 6.07) is 4.98. The van der Waals surface area contributed by atoms with E-state index in [0.29, 0.717) is 22.2 Å². The Morgan fingerprint density at radius 3 is 3.00 bits per heavy atom. The van der Waals surface area contributed by atoms with Gasteiger partial charge in [0.15, 0.2) is 0 Å². The summed E-state index contributed by atoms with van der Waals surface area (Å²) in [5.41, 5.74) is 6.74. The molecule has 0 saturated carbocycles. The number of carbonyl (C=O) groups excluding carboxylic acids is 1. The predicted octanol–water partition coefficient (Wildman–Crippen LogP) is 2.22. The van der Waals surface area contributed by atoms with Crippen LogP contribution in [0.2, 0.25) is 5.02 Å². The standard InChI is InChI=1S/C9H11ClN2OS/c1-14-5-9(13)12-8-4-6(10)2-3-7(8)11/h2-4H,5,11H2,1H3,(H,12,13). The van der Waals surface area contributed by atoms with Gasteiger partial charge in [-0.2, -0.15) is 11.8 Å². The van der Waals surface area contributed by atoms with Crippen molar-refractivity contribution in [2.24, 2.45) is 0 Å². The van der Waals surface area contributed by atoms with Crippen molar-refractivity contribution in [2.75, 3.05) is 23.1 Å². The number of halogens is 1. The zero-order valence-corrected chi connectivity index (χ0v) is 9.28. The van der Waals surface area contributed by atoms with E-state index in [4.69, 9.17) is 17.3 Å². The number of nitrogens with two attached hydrogens (primary N) is 1. The molecule has 76 valence electrons. The Kier molecular flexibility index (Phi) is 4.10. The molecule has 0 fully saturated rings. The Morgan fingerprint density at radius 1 is 1.64 bits per heavy atom. The Balaban J connectivity index is 2.75. The molecule has 5 heteroatoms. The number of carbonyl (C=O) groups is 1. The fourth-order valence-corrected chi connectivity index (χ4v) is 1.46. The number of amides is 1. The molecule has 0 aromatic heterocycles. The van der Waals surface area contributed by atoms with Crippen LogP contribution < -0.4 is 11.1 Å². The molecule has 0 aliphatic rings. The molecule has 1 aromatic rings. The maximum atomic E-state index is 11.2. The van der Waals surface area contributed by atoms with Crippen LogP contribution in [0.1, 0.15) is 0 Å². The maximum Gasteiger partial charge on any atom is 0.234 e. The number of rotatable bonds is 3. The molecule has 3 N–H and O–H groups in total. The normalized spacial score (nSPS) is 9.86. The van der Waals surface area contributed by atoms with Crippen molar-refractivity contribution >= 4 is 40.6 Å². The lowest BCUT2D eigenvalue weighted by molar-refractivity contribution is -0.113. The van der Waals surface area contributed by atoms with E-state index in [9.17, 15) is 4.79 Å². The third kappa shape index (κ3) is 3.12. The third-order valence-corrected chi connectivity index (χ3v) is 2.35. The van der Waals surface area contributed by atoms with Crippen molar-refractivity contribution in [3.05, 3.63) is 23.2 Å². The van der Waals surface area contributed by atoms with Crippen LogP contribution in [-0.4, -0.2) is 17.9 Å². The van der Waals surface area contributed by atoms with E-state index < -0.39 is 0 Å². The lowest BCUT2D eigenvalue weighted by atomic mass is 10.2. The van der Waals surface area contributed by atoms with Gasteiger partial charge in [-0.3, -0.25) is 4.79 Å². The first-order chi connectivity index (χ1) is 6.63. The van der Waals surface area contributed by atoms with Crippen molar-refractivity contribution in [3.63, 3.8) is 0 Å². The predicted molar refractivity (Wildman–Crippen MR) is 62.9 cm³/mol. The lowest BCUT2D eigenvalue weighted by Crippen LogP contribution is -2.14. The molecule has 0 heterocycles. The van der Waals surface area contributed by atoms with Gasteiger partial charge in [0.1, 0.15) is 0 Å². The second-order valence-electron chi connectivity index (χ2n) is 2.71. The molecule has 1 aromatic carbocycles. The molecule has 3 nitrogen and oxygen atoms in total. The second-order valence-corrected chi connectivity index (χ2v) is 4.02. The van der Waals surface area contributed by atoms with Gasteiger partial charge in [0.25, 0.3) is 0 Å². The van der Waals surface area contributed by atoms with Gasteiger partial charge in [-0.25, -0.2) is 0 Å². The number of anilines is 2. The molecule has 1 rings (SSSR count). The van der Waals surface area contributed by atoms with Crippen molar-refractivity contribution in [2.45, 2.75) is 0 Å². The van der Waals surface area contributed by atoms with E-state index in [2.05, 4.69) is 5.32 Å². The minimum absolute atomic E-state index is 0.0773. The molecule has 0 spiro atoms. The Hall–Kier alpha value is -0.870. The summed E-state index contributed by atoms with van der Waals surface area (Å²) in [6.45, 7) is 0. The van der Waals surface area contributed by atoms with Gasteiger partial charge in [-0.1, -0.05) is 11.6 Å². The van der Waals surface area contributed by atoms with Crippen molar-refractivity contribution in [1.82, 2.24) is 0 Å². The van der Waals surface area contributed by atoms with Gasteiger partial charge in [0, 0.05) is 5.02 Å². The highest BCUT2D eigenvalue weighted by Gasteiger charge is 2.04. The van der Waals surface area contributed by atoms with Crippen LogP contribution >= 0.6 is 23.4 Å². The van der Waals surface area contributed by atoms with Gasteiger partial charge in [0.2, 0.25) is 5.91 Å². The summed E-state index contributed by atoms with van der Waals surface area (Å²) in [5, 5.41) is 3.24. The van der Waals surface area contributed by atoms with Gasteiger partial charge in [-0.15, -0.1) is 0 Å². The average Bonchev–Trinajstić information content (AvgIpc) is 2.12. The van der Waals surface area contributed by atoms with E-state index in [1.807, 2.05) is 6.26 Å². The maximum absolute atomic E-state index is 11.2. The first-order valence-electron chi connectivity index (χ1n) is 3.97. The Labute approximate surface area is 92.0 Å². The summed E-state index contributed by atoms with van der Waals surface area (Å²) < 4.78 is 0. The van der Waals surface area contributed by atoms with E-state index in [1.165, 1.54) is 11.8 Å². The first-order valence-corrected chi connectivity index (χ1v) is 5.74. The lowest BCUT2D eigenvalue weighted by Gasteiger charge is -2.07. The molecule has 0 unspecified atom stereocenters. The summed E-state index contributed by atoms with van der Waals surface area (Å²) in [6.07, 6.45) is 1.86. The first kappa shape index (κ1) is 11.2. The number of nitrogen functional groups attached to an aromatic ring is 1. The molecule has 1 amide bonds. The number of benzene rings is 1. The highest BCUT2D eigenvalue weighted by molar-refractivity contribution is 7.99. The highest BCUT2D eigenvalue weighted by atomic mass is 35.5. The average molecular weight is 231 g/mol. The van der Waals surface area contributed by atoms with Crippen molar-refractivity contribution < 1.29 is 4.79 Å². The van der Waals surface area contributed by atoms with E-state index in [1.54, 1.807) is 18.2 Å². The zero-order valence-electron chi connectivity index (χ0n) is 7.71. The van der Waals surface area contributed by atoms with Gasteiger partial charge in [0.05, 0.1) is 17.1 Å². The Morgan fingerprint density at radius 2 is 2.36 bits per heavy atom. The van der Waals surface area contributed by atoms with Crippen molar-refractivity contribution in [3.8, 4) is 0 Å². The molecule has 0 saturated heterocycles. The number of hydrogen-bond donors (Lipinski definition) is 2. The molecule has 0 radical (unpaired) electrons.